The van der Waals surface area contributed by atoms with Gasteiger partial charge in [0.1, 0.15) is 5.82 Å². The van der Waals surface area contributed by atoms with Crippen LogP contribution in [0.5, 0.6) is 0 Å². The Morgan fingerprint density at radius 1 is 0.870 bits per heavy atom. The highest BCUT2D eigenvalue weighted by molar-refractivity contribution is 7.62. The zero-order valence-corrected chi connectivity index (χ0v) is 16.1. The van der Waals surface area contributed by atoms with E-state index in [9.17, 15) is 0 Å². The maximum absolute atomic E-state index is 4.63. The van der Waals surface area contributed by atoms with Gasteiger partial charge < -0.3 is 0 Å². The molecule has 23 heavy (non-hydrogen) atoms. The number of hydrogen-bond acceptors (Lipinski definition) is 4. The molecule has 2 rings (SSSR count). The zero-order valence-electron chi connectivity index (χ0n) is 15.2. The summed E-state index contributed by atoms with van der Waals surface area (Å²) in [4.78, 5) is 13.7. The molecule has 0 aliphatic carbocycles. The van der Waals surface area contributed by atoms with E-state index >= 15 is 0 Å². The summed E-state index contributed by atoms with van der Waals surface area (Å²) in [6, 6.07) is 5.98. The summed E-state index contributed by atoms with van der Waals surface area (Å²) in [7, 11) is -0.625. The van der Waals surface area contributed by atoms with E-state index < -0.39 is 8.07 Å². The average Bonchev–Trinajstić information content (AvgIpc) is 2.43. The van der Waals surface area contributed by atoms with Crippen molar-refractivity contribution in [2.75, 3.05) is 4.67 Å². The molecule has 2 aromatic rings. The topological polar surface area (TPSA) is 41.9 Å². The Bertz CT molecular complexity index is 630. The van der Waals surface area contributed by atoms with Gasteiger partial charge in [-0.05, 0) is 30.7 Å². The fourth-order valence-corrected chi connectivity index (χ4v) is 6.75. The smallest absolute Gasteiger partial charge is 0.234 e. The summed E-state index contributed by atoms with van der Waals surface area (Å²) in [5.41, 5.74) is 1.19. The number of anilines is 2. The predicted molar refractivity (Wildman–Crippen MR) is 99.6 cm³/mol. The van der Waals surface area contributed by atoms with Gasteiger partial charge in [0.25, 0.3) is 0 Å². The Balaban J connectivity index is 2.66. The molecule has 0 fully saturated rings. The fraction of sp³-hybridized carbons (Fsp3) is 0.500. The largest absolute Gasteiger partial charge is 0.272 e. The third-order valence-electron chi connectivity index (χ3n) is 3.33. The van der Waals surface area contributed by atoms with Crippen LogP contribution in [0, 0.1) is 6.92 Å². The van der Waals surface area contributed by atoms with Gasteiger partial charge in [-0.2, -0.15) is 0 Å². The normalized spacial score (nSPS) is 12.5. The number of aryl methyl sites for hydroxylation is 1. The zero-order chi connectivity index (χ0) is 17.3. The van der Waals surface area contributed by atoms with Crippen LogP contribution in [-0.4, -0.2) is 25.3 Å². The Kier molecular flexibility index (Phi) is 5.05. The summed E-state index contributed by atoms with van der Waals surface area (Å²) in [5.74, 6) is 1.65. The summed E-state index contributed by atoms with van der Waals surface area (Å²) in [6.45, 7) is 15.8. The van der Waals surface area contributed by atoms with Gasteiger partial charge in [0.2, 0.25) is 5.95 Å². The van der Waals surface area contributed by atoms with E-state index in [4.69, 9.17) is 0 Å². The van der Waals surface area contributed by atoms with Crippen molar-refractivity contribution >= 4 is 19.8 Å². The second-order valence-electron chi connectivity index (χ2n) is 7.71. The first-order chi connectivity index (χ1) is 10.6. The molecule has 0 unspecified atom stereocenters. The highest BCUT2D eigenvalue weighted by Crippen LogP contribution is 2.64. The van der Waals surface area contributed by atoms with Crippen molar-refractivity contribution in [3.05, 3.63) is 42.4 Å². The molecule has 0 atom stereocenters. The molecule has 0 spiro atoms. The maximum Gasteiger partial charge on any atom is 0.234 e. The Morgan fingerprint density at radius 2 is 1.43 bits per heavy atom. The van der Waals surface area contributed by atoms with Crippen molar-refractivity contribution in [1.82, 2.24) is 15.0 Å². The number of aromatic nitrogens is 3. The number of hydrogen-bond donors (Lipinski definition) is 0. The number of rotatable bonds is 3. The van der Waals surface area contributed by atoms with Crippen LogP contribution in [0.1, 0.15) is 47.1 Å². The third kappa shape index (κ3) is 4.26. The lowest BCUT2D eigenvalue weighted by Gasteiger charge is -2.47. The molecule has 4 nitrogen and oxygen atoms in total. The van der Waals surface area contributed by atoms with Crippen molar-refractivity contribution in [2.45, 2.75) is 58.8 Å². The van der Waals surface area contributed by atoms with Gasteiger partial charge in [-0.15, -0.1) is 0 Å². The van der Waals surface area contributed by atoms with Crippen LogP contribution in [0.2, 0.25) is 0 Å². The molecule has 0 N–H and O–H groups in total. The summed E-state index contributed by atoms with van der Waals surface area (Å²) < 4.78 is 2.25. The first-order valence-corrected chi connectivity index (χ1v) is 9.20. The van der Waals surface area contributed by atoms with E-state index in [0.717, 1.165) is 11.8 Å². The molecule has 2 aromatic heterocycles. The molecule has 0 radical (unpaired) electrons. The van der Waals surface area contributed by atoms with E-state index in [1.165, 1.54) is 5.56 Å². The minimum absolute atomic E-state index is 0.0954. The molecule has 124 valence electrons. The highest BCUT2D eigenvalue weighted by atomic mass is 31.1. The van der Waals surface area contributed by atoms with Crippen LogP contribution in [0.25, 0.3) is 0 Å². The fourth-order valence-electron chi connectivity index (χ4n) is 2.94. The average molecular weight is 330 g/mol. The van der Waals surface area contributed by atoms with Crippen molar-refractivity contribution in [1.29, 1.82) is 0 Å². The van der Waals surface area contributed by atoms with Gasteiger partial charge in [-0.25, -0.2) is 15.0 Å². The first kappa shape index (κ1) is 17.8. The van der Waals surface area contributed by atoms with Crippen molar-refractivity contribution < 1.29 is 0 Å². The lowest BCUT2D eigenvalue weighted by molar-refractivity contribution is 0.701. The van der Waals surface area contributed by atoms with Gasteiger partial charge in [-0.1, -0.05) is 41.5 Å². The molecule has 2 heterocycles. The van der Waals surface area contributed by atoms with Crippen LogP contribution >= 0.6 is 8.07 Å². The van der Waals surface area contributed by atoms with Crippen molar-refractivity contribution in [3.63, 3.8) is 0 Å². The van der Waals surface area contributed by atoms with E-state index in [2.05, 4.69) is 74.2 Å². The van der Waals surface area contributed by atoms with Crippen LogP contribution in [0.4, 0.5) is 11.8 Å². The molecule has 0 aromatic carbocycles. The molecule has 0 aliphatic rings. The molecule has 0 aliphatic heterocycles. The predicted octanol–water partition coefficient (Wildman–Crippen LogP) is 5.31. The Labute approximate surface area is 141 Å². The lowest BCUT2D eigenvalue weighted by Crippen LogP contribution is -2.35. The molecule has 0 saturated carbocycles. The molecular weight excluding hydrogens is 303 g/mol. The summed E-state index contributed by atoms with van der Waals surface area (Å²) in [5, 5.41) is 0.191. The van der Waals surface area contributed by atoms with E-state index in [1.807, 2.05) is 18.3 Å². The van der Waals surface area contributed by atoms with Crippen LogP contribution < -0.4 is 4.67 Å². The first-order valence-electron chi connectivity index (χ1n) is 7.91. The summed E-state index contributed by atoms with van der Waals surface area (Å²) in [6.07, 6.45) is 5.45. The maximum atomic E-state index is 4.63. The van der Waals surface area contributed by atoms with Gasteiger partial charge in [0.05, 0.1) is 0 Å². The number of pyridine rings is 1. The van der Waals surface area contributed by atoms with Crippen molar-refractivity contribution in [2.24, 2.45) is 0 Å². The van der Waals surface area contributed by atoms with Crippen LogP contribution in [0.3, 0.4) is 0 Å². The highest BCUT2D eigenvalue weighted by Gasteiger charge is 2.41. The Morgan fingerprint density at radius 3 is 1.91 bits per heavy atom. The molecule has 0 saturated heterocycles. The minimum atomic E-state index is -0.625. The van der Waals surface area contributed by atoms with E-state index in [-0.39, 0.29) is 10.3 Å². The molecule has 0 bridgehead atoms. The quantitative estimate of drug-likeness (QED) is 0.715. The minimum Gasteiger partial charge on any atom is -0.272 e. The van der Waals surface area contributed by atoms with Crippen LogP contribution in [0.15, 0.2) is 36.8 Å². The SMILES string of the molecule is Cc1ccnc(N(c2ncccn2)P(C(C)(C)C)C(C)(C)C)c1. The summed E-state index contributed by atoms with van der Waals surface area (Å²) >= 11 is 0. The molecule has 5 heteroatoms. The standard InChI is InChI=1S/C18H27N4P/c1-14-9-12-19-15(13-14)22(16-20-10-8-11-21-16)23(17(2,3)4)18(5,6)7/h8-13H,1-7H3. The molecule has 0 amide bonds. The second-order valence-corrected chi connectivity index (χ2v) is 11.4. The van der Waals surface area contributed by atoms with E-state index in [1.54, 1.807) is 12.4 Å². The van der Waals surface area contributed by atoms with Gasteiger partial charge >= 0.3 is 0 Å². The third-order valence-corrected chi connectivity index (χ3v) is 6.66. The van der Waals surface area contributed by atoms with Gasteiger partial charge in [0.15, 0.2) is 0 Å². The second kappa shape index (κ2) is 6.52. The van der Waals surface area contributed by atoms with E-state index in [0.29, 0.717) is 0 Å². The van der Waals surface area contributed by atoms with Gasteiger partial charge in [0, 0.05) is 37.0 Å². The Hall–Kier alpha value is -1.54. The van der Waals surface area contributed by atoms with Crippen LogP contribution in [-0.2, 0) is 0 Å². The monoisotopic (exact) mass is 330 g/mol. The lowest BCUT2D eigenvalue weighted by atomic mass is 10.2. The van der Waals surface area contributed by atoms with Gasteiger partial charge in [-0.3, -0.25) is 4.67 Å². The molecular formula is C18H27N4P. The van der Waals surface area contributed by atoms with Crippen molar-refractivity contribution in [3.8, 4) is 0 Å². The number of nitrogens with zero attached hydrogens (tertiary/aromatic N) is 4.